The number of anilines is 1. The average molecular weight is 245 g/mol. The molecule has 7 nitrogen and oxygen atoms in total. The van der Waals surface area contributed by atoms with Crippen molar-refractivity contribution in [3.05, 3.63) is 5.01 Å². The zero-order chi connectivity index (χ0) is 11.4. The standard InChI is InChI=1S/C8H15N5O2S/c9-10-8-12-11-7(16-8)4-13-1-2-15-6(3-13)5-14/h6,14H,1-5,9H2,(H,10,12). The number of nitrogen functional groups attached to an aromatic ring is 1. The minimum absolute atomic E-state index is 0.0578. The molecule has 0 radical (unpaired) electrons. The Hall–Kier alpha value is -0.800. The van der Waals surface area contributed by atoms with Gasteiger partial charge in [-0.1, -0.05) is 11.3 Å². The number of morpholine rings is 1. The number of aromatic nitrogens is 2. The van der Waals surface area contributed by atoms with Crippen molar-refractivity contribution in [2.45, 2.75) is 12.6 Å². The molecule has 4 N–H and O–H groups in total. The molecule has 1 saturated heterocycles. The Morgan fingerprint density at radius 1 is 1.62 bits per heavy atom. The highest BCUT2D eigenvalue weighted by molar-refractivity contribution is 7.15. The first-order chi connectivity index (χ1) is 7.81. The van der Waals surface area contributed by atoms with Gasteiger partial charge in [0.15, 0.2) is 0 Å². The van der Waals surface area contributed by atoms with Gasteiger partial charge in [0.25, 0.3) is 0 Å². The van der Waals surface area contributed by atoms with Crippen LogP contribution in [0.3, 0.4) is 0 Å². The van der Waals surface area contributed by atoms with Crippen molar-refractivity contribution in [2.75, 3.05) is 31.7 Å². The number of rotatable bonds is 4. The average Bonchev–Trinajstić information content (AvgIpc) is 2.77. The van der Waals surface area contributed by atoms with Gasteiger partial charge in [0.05, 0.1) is 25.9 Å². The molecule has 1 fully saturated rings. The summed E-state index contributed by atoms with van der Waals surface area (Å²) >= 11 is 1.43. The van der Waals surface area contributed by atoms with Crippen LogP contribution in [0.15, 0.2) is 0 Å². The second-order valence-electron chi connectivity index (χ2n) is 3.56. The van der Waals surface area contributed by atoms with Gasteiger partial charge in [-0.3, -0.25) is 10.3 Å². The van der Waals surface area contributed by atoms with E-state index >= 15 is 0 Å². The molecule has 1 aliphatic rings. The van der Waals surface area contributed by atoms with E-state index in [1.54, 1.807) is 0 Å². The molecule has 0 aliphatic carbocycles. The molecular formula is C8H15N5O2S. The molecule has 1 aromatic heterocycles. The quantitative estimate of drug-likeness (QED) is 0.463. The van der Waals surface area contributed by atoms with Crippen LogP contribution in [0.2, 0.25) is 0 Å². The van der Waals surface area contributed by atoms with Gasteiger partial charge in [0.2, 0.25) is 5.13 Å². The molecule has 1 atom stereocenters. The molecular weight excluding hydrogens is 230 g/mol. The van der Waals surface area contributed by atoms with E-state index in [9.17, 15) is 0 Å². The molecule has 0 saturated carbocycles. The molecule has 1 unspecified atom stereocenters. The molecule has 0 amide bonds. The summed E-state index contributed by atoms with van der Waals surface area (Å²) in [6.45, 7) is 3.00. The summed E-state index contributed by atoms with van der Waals surface area (Å²) in [7, 11) is 0. The fourth-order valence-corrected chi connectivity index (χ4v) is 2.29. The highest BCUT2D eigenvalue weighted by Crippen LogP contribution is 2.17. The van der Waals surface area contributed by atoms with E-state index in [-0.39, 0.29) is 12.7 Å². The molecule has 8 heteroatoms. The van der Waals surface area contributed by atoms with Gasteiger partial charge in [0, 0.05) is 13.1 Å². The molecule has 90 valence electrons. The Bertz CT molecular complexity index is 334. The maximum atomic E-state index is 9.01. The topological polar surface area (TPSA) is 96.5 Å². The van der Waals surface area contributed by atoms with Crippen molar-refractivity contribution >= 4 is 16.5 Å². The maximum Gasteiger partial charge on any atom is 0.219 e. The third-order valence-electron chi connectivity index (χ3n) is 2.38. The Balaban J connectivity index is 1.88. The van der Waals surface area contributed by atoms with Gasteiger partial charge in [0.1, 0.15) is 5.01 Å². The molecule has 1 aliphatic heterocycles. The zero-order valence-corrected chi connectivity index (χ0v) is 9.61. The Morgan fingerprint density at radius 3 is 3.19 bits per heavy atom. The van der Waals surface area contributed by atoms with Crippen molar-refractivity contribution in [1.82, 2.24) is 15.1 Å². The number of aliphatic hydroxyl groups is 1. The smallest absolute Gasteiger partial charge is 0.219 e. The monoisotopic (exact) mass is 245 g/mol. The molecule has 0 bridgehead atoms. The number of hydrazine groups is 1. The van der Waals surface area contributed by atoms with E-state index < -0.39 is 0 Å². The first-order valence-electron chi connectivity index (χ1n) is 5.05. The van der Waals surface area contributed by atoms with Crippen LogP contribution < -0.4 is 11.3 Å². The number of aliphatic hydroxyl groups excluding tert-OH is 1. The first-order valence-corrected chi connectivity index (χ1v) is 5.87. The van der Waals surface area contributed by atoms with E-state index in [1.165, 1.54) is 11.3 Å². The normalized spacial score (nSPS) is 22.2. The summed E-state index contributed by atoms with van der Waals surface area (Å²) in [5.74, 6) is 5.23. The lowest BCUT2D eigenvalue weighted by Crippen LogP contribution is -2.43. The second-order valence-corrected chi connectivity index (χ2v) is 4.62. The zero-order valence-electron chi connectivity index (χ0n) is 8.80. The lowest BCUT2D eigenvalue weighted by atomic mass is 10.3. The number of nitrogens with zero attached hydrogens (tertiary/aromatic N) is 3. The number of ether oxygens (including phenoxy) is 1. The molecule has 1 aromatic rings. The van der Waals surface area contributed by atoms with Crippen molar-refractivity contribution in [2.24, 2.45) is 5.84 Å². The molecule has 0 aromatic carbocycles. The summed E-state index contributed by atoms with van der Waals surface area (Å²) in [4.78, 5) is 2.19. The summed E-state index contributed by atoms with van der Waals surface area (Å²) < 4.78 is 5.36. The van der Waals surface area contributed by atoms with Crippen LogP contribution in [0.4, 0.5) is 5.13 Å². The fraction of sp³-hybridized carbons (Fsp3) is 0.750. The van der Waals surface area contributed by atoms with E-state index in [2.05, 4.69) is 20.5 Å². The predicted molar refractivity (Wildman–Crippen MR) is 59.8 cm³/mol. The number of nitrogens with two attached hydrogens (primary N) is 1. The van der Waals surface area contributed by atoms with E-state index in [1.807, 2.05) is 0 Å². The Labute approximate surface area is 97.2 Å². The maximum absolute atomic E-state index is 9.01. The molecule has 16 heavy (non-hydrogen) atoms. The van der Waals surface area contributed by atoms with Gasteiger partial charge in [-0.15, -0.1) is 10.2 Å². The lowest BCUT2D eigenvalue weighted by molar-refractivity contribution is -0.0551. The van der Waals surface area contributed by atoms with Crippen LogP contribution in [0.5, 0.6) is 0 Å². The van der Waals surface area contributed by atoms with Gasteiger partial charge < -0.3 is 9.84 Å². The summed E-state index contributed by atoms with van der Waals surface area (Å²) in [5.41, 5.74) is 2.47. The lowest BCUT2D eigenvalue weighted by Gasteiger charge is -2.31. The van der Waals surface area contributed by atoms with Crippen LogP contribution >= 0.6 is 11.3 Å². The highest BCUT2D eigenvalue weighted by atomic mass is 32.1. The van der Waals surface area contributed by atoms with Crippen molar-refractivity contribution in [3.63, 3.8) is 0 Å². The Morgan fingerprint density at radius 2 is 2.50 bits per heavy atom. The summed E-state index contributed by atoms with van der Waals surface area (Å²) in [5, 5.41) is 18.4. The Kier molecular flexibility index (Phi) is 4.02. The number of hydrogen-bond donors (Lipinski definition) is 3. The van der Waals surface area contributed by atoms with E-state index in [0.717, 1.165) is 24.6 Å². The van der Waals surface area contributed by atoms with Crippen LogP contribution in [0.1, 0.15) is 5.01 Å². The SMILES string of the molecule is NNc1nnc(CN2CCOC(CO)C2)s1. The first kappa shape index (κ1) is 11.7. The largest absolute Gasteiger partial charge is 0.394 e. The molecule has 2 rings (SSSR count). The summed E-state index contributed by atoms with van der Waals surface area (Å²) in [6.07, 6.45) is -0.0891. The highest BCUT2D eigenvalue weighted by Gasteiger charge is 2.20. The van der Waals surface area contributed by atoms with E-state index in [4.69, 9.17) is 15.7 Å². The third kappa shape index (κ3) is 2.86. The van der Waals surface area contributed by atoms with Crippen LogP contribution in [0, 0.1) is 0 Å². The predicted octanol–water partition coefficient (Wildman–Crippen LogP) is -0.983. The summed E-state index contributed by atoms with van der Waals surface area (Å²) in [6, 6.07) is 0. The van der Waals surface area contributed by atoms with Gasteiger partial charge >= 0.3 is 0 Å². The minimum Gasteiger partial charge on any atom is -0.394 e. The fourth-order valence-electron chi connectivity index (χ4n) is 1.60. The third-order valence-corrected chi connectivity index (χ3v) is 3.21. The van der Waals surface area contributed by atoms with Crippen molar-refractivity contribution in [3.8, 4) is 0 Å². The van der Waals surface area contributed by atoms with Crippen LogP contribution in [-0.2, 0) is 11.3 Å². The van der Waals surface area contributed by atoms with Gasteiger partial charge in [-0.25, -0.2) is 5.84 Å². The number of nitrogens with one attached hydrogen (secondary N) is 1. The van der Waals surface area contributed by atoms with Gasteiger partial charge in [-0.05, 0) is 0 Å². The number of hydrogen-bond acceptors (Lipinski definition) is 8. The second kappa shape index (κ2) is 5.51. The van der Waals surface area contributed by atoms with Crippen molar-refractivity contribution < 1.29 is 9.84 Å². The van der Waals surface area contributed by atoms with E-state index in [0.29, 0.717) is 11.7 Å². The van der Waals surface area contributed by atoms with Crippen LogP contribution in [0.25, 0.3) is 0 Å². The van der Waals surface area contributed by atoms with Crippen LogP contribution in [-0.4, -0.2) is 52.6 Å². The van der Waals surface area contributed by atoms with Crippen molar-refractivity contribution in [1.29, 1.82) is 0 Å². The minimum atomic E-state index is -0.0891. The van der Waals surface area contributed by atoms with Gasteiger partial charge in [-0.2, -0.15) is 0 Å². The molecule has 0 spiro atoms. The molecule has 2 heterocycles.